The molecule has 1 aliphatic rings. The van der Waals surface area contributed by atoms with E-state index in [1.807, 2.05) is 42.2 Å². The summed E-state index contributed by atoms with van der Waals surface area (Å²) >= 11 is 0. The van der Waals surface area contributed by atoms with E-state index in [9.17, 15) is 9.59 Å². The predicted octanol–water partition coefficient (Wildman–Crippen LogP) is 1.87. The molecule has 116 valence electrons. The van der Waals surface area contributed by atoms with Crippen molar-refractivity contribution in [3.05, 3.63) is 30.3 Å². The summed E-state index contributed by atoms with van der Waals surface area (Å²) in [6.45, 7) is 3.98. The van der Waals surface area contributed by atoms with Gasteiger partial charge in [0, 0.05) is 18.8 Å². The van der Waals surface area contributed by atoms with Crippen LogP contribution in [0.25, 0.3) is 0 Å². The van der Waals surface area contributed by atoms with Crippen molar-refractivity contribution < 1.29 is 14.7 Å². The van der Waals surface area contributed by atoms with E-state index in [0.29, 0.717) is 26.1 Å². The molecular formula is C15H21ClN2O3. The summed E-state index contributed by atoms with van der Waals surface area (Å²) in [5, 5.41) is 8.98. The van der Waals surface area contributed by atoms with Gasteiger partial charge in [0.1, 0.15) is 0 Å². The number of rotatable bonds is 5. The molecule has 1 aliphatic heterocycles. The third kappa shape index (κ3) is 4.44. The van der Waals surface area contributed by atoms with Gasteiger partial charge in [0.05, 0.1) is 12.5 Å². The van der Waals surface area contributed by atoms with Gasteiger partial charge in [-0.25, -0.2) is 0 Å². The number of carbonyl (C=O) groups excluding carboxylic acids is 1. The maximum Gasteiger partial charge on any atom is 0.307 e. The number of likely N-dealkylation sites (N-methyl/N-ethyl adjacent to an activating group) is 1. The molecule has 21 heavy (non-hydrogen) atoms. The minimum absolute atomic E-state index is 0. The van der Waals surface area contributed by atoms with Gasteiger partial charge < -0.3 is 10.0 Å². The van der Waals surface area contributed by atoms with Crippen LogP contribution < -0.4 is 4.90 Å². The van der Waals surface area contributed by atoms with Crippen LogP contribution in [-0.4, -0.2) is 48.1 Å². The predicted molar refractivity (Wildman–Crippen MR) is 83.9 cm³/mol. The van der Waals surface area contributed by atoms with Gasteiger partial charge in [0.2, 0.25) is 5.91 Å². The standard InChI is InChI=1S/C15H20N2O3.ClH/c1-2-17(13-6-4-3-5-7-13)14(18)11-16-9-8-12(10-16)15(19)20;/h3-7,12H,2,8-11H2,1H3,(H,19,20);1H. The van der Waals surface area contributed by atoms with E-state index in [4.69, 9.17) is 5.11 Å². The smallest absolute Gasteiger partial charge is 0.307 e. The summed E-state index contributed by atoms with van der Waals surface area (Å²) in [5.74, 6) is -1.09. The molecule has 1 fully saturated rings. The SMILES string of the molecule is CCN(C(=O)CN1CCC(C(=O)O)C1)c1ccccc1.Cl. The first-order chi connectivity index (χ1) is 9.61. The van der Waals surface area contributed by atoms with E-state index in [0.717, 1.165) is 5.69 Å². The molecule has 1 heterocycles. The minimum atomic E-state index is -0.768. The molecule has 0 spiro atoms. The Morgan fingerprint density at radius 3 is 2.52 bits per heavy atom. The van der Waals surface area contributed by atoms with Crippen LogP contribution in [0.2, 0.25) is 0 Å². The van der Waals surface area contributed by atoms with Gasteiger partial charge >= 0.3 is 5.97 Å². The fourth-order valence-electron chi connectivity index (χ4n) is 2.57. The van der Waals surface area contributed by atoms with E-state index in [-0.39, 0.29) is 30.8 Å². The van der Waals surface area contributed by atoms with Crippen molar-refractivity contribution in [2.75, 3.05) is 31.1 Å². The molecule has 1 unspecified atom stereocenters. The maximum absolute atomic E-state index is 12.3. The number of anilines is 1. The summed E-state index contributed by atoms with van der Waals surface area (Å²) < 4.78 is 0. The van der Waals surface area contributed by atoms with Crippen molar-refractivity contribution in [1.29, 1.82) is 0 Å². The Morgan fingerprint density at radius 1 is 1.33 bits per heavy atom. The number of nitrogens with zero attached hydrogens (tertiary/aromatic N) is 2. The second-order valence-electron chi connectivity index (χ2n) is 5.03. The second-order valence-corrected chi connectivity index (χ2v) is 5.03. The molecule has 0 radical (unpaired) electrons. The molecule has 1 aromatic rings. The highest BCUT2D eigenvalue weighted by Crippen LogP contribution is 2.18. The Labute approximate surface area is 131 Å². The Hall–Kier alpha value is -1.59. The quantitative estimate of drug-likeness (QED) is 0.901. The number of benzene rings is 1. The number of amides is 1. The molecule has 1 saturated heterocycles. The van der Waals surface area contributed by atoms with E-state index in [2.05, 4.69) is 0 Å². The molecule has 1 N–H and O–H groups in total. The topological polar surface area (TPSA) is 60.9 Å². The van der Waals surface area contributed by atoms with Crippen LogP contribution in [0.1, 0.15) is 13.3 Å². The lowest BCUT2D eigenvalue weighted by atomic mass is 10.1. The summed E-state index contributed by atoms with van der Waals surface area (Å²) in [7, 11) is 0. The fraction of sp³-hybridized carbons (Fsp3) is 0.467. The molecule has 0 aliphatic carbocycles. The third-order valence-corrected chi connectivity index (χ3v) is 3.67. The van der Waals surface area contributed by atoms with Crippen molar-refractivity contribution in [2.45, 2.75) is 13.3 Å². The third-order valence-electron chi connectivity index (χ3n) is 3.67. The van der Waals surface area contributed by atoms with E-state index in [1.165, 1.54) is 0 Å². The molecule has 0 saturated carbocycles. The van der Waals surface area contributed by atoms with Crippen LogP contribution in [0.3, 0.4) is 0 Å². The Balaban J connectivity index is 0.00000220. The highest BCUT2D eigenvalue weighted by Gasteiger charge is 2.29. The largest absolute Gasteiger partial charge is 0.481 e. The van der Waals surface area contributed by atoms with Crippen molar-refractivity contribution >= 4 is 30.0 Å². The van der Waals surface area contributed by atoms with Crippen LogP contribution in [-0.2, 0) is 9.59 Å². The molecule has 6 heteroatoms. The number of hydrogen-bond acceptors (Lipinski definition) is 3. The first-order valence-corrected chi connectivity index (χ1v) is 6.92. The number of carboxylic acid groups (broad SMARTS) is 1. The molecule has 1 atom stereocenters. The van der Waals surface area contributed by atoms with Crippen molar-refractivity contribution in [3.63, 3.8) is 0 Å². The lowest BCUT2D eigenvalue weighted by molar-refractivity contribution is -0.141. The number of aliphatic carboxylic acids is 1. The number of carbonyl (C=O) groups is 2. The first kappa shape index (κ1) is 17.5. The van der Waals surface area contributed by atoms with Crippen LogP contribution in [0.15, 0.2) is 30.3 Å². The van der Waals surface area contributed by atoms with Crippen molar-refractivity contribution in [3.8, 4) is 0 Å². The highest BCUT2D eigenvalue weighted by molar-refractivity contribution is 5.94. The zero-order valence-corrected chi connectivity index (χ0v) is 12.9. The van der Waals surface area contributed by atoms with Gasteiger partial charge in [-0.2, -0.15) is 0 Å². The zero-order chi connectivity index (χ0) is 14.5. The average Bonchev–Trinajstić information content (AvgIpc) is 2.89. The molecular weight excluding hydrogens is 292 g/mol. The Kier molecular flexibility index (Phi) is 6.65. The van der Waals surface area contributed by atoms with Gasteiger partial charge in [-0.15, -0.1) is 12.4 Å². The highest BCUT2D eigenvalue weighted by atomic mass is 35.5. The lowest BCUT2D eigenvalue weighted by Crippen LogP contribution is -2.40. The van der Waals surface area contributed by atoms with Crippen LogP contribution in [0.5, 0.6) is 0 Å². The zero-order valence-electron chi connectivity index (χ0n) is 12.1. The lowest BCUT2D eigenvalue weighted by Gasteiger charge is -2.24. The molecule has 0 aromatic heterocycles. The Bertz CT molecular complexity index is 481. The molecule has 2 rings (SSSR count). The summed E-state index contributed by atoms with van der Waals surface area (Å²) in [6, 6.07) is 9.54. The van der Waals surface area contributed by atoms with E-state index >= 15 is 0 Å². The van der Waals surface area contributed by atoms with Crippen molar-refractivity contribution in [1.82, 2.24) is 4.90 Å². The molecule has 0 bridgehead atoms. The first-order valence-electron chi connectivity index (χ1n) is 6.92. The summed E-state index contributed by atoms with van der Waals surface area (Å²) in [6.07, 6.45) is 0.625. The van der Waals surface area contributed by atoms with Gasteiger partial charge in [-0.05, 0) is 32.0 Å². The Morgan fingerprint density at radius 2 is 2.00 bits per heavy atom. The van der Waals surface area contributed by atoms with Crippen molar-refractivity contribution in [2.24, 2.45) is 5.92 Å². The average molecular weight is 313 g/mol. The van der Waals surface area contributed by atoms with Crippen LogP contribution >= 0.6 is 12.4 Å². The van der Waals surface area contributed by atoms with Gasteiger partial charge in [-0.3, -0.25) is 14.5 Å². The number of likely N-dealkylation sites (tertiary alicyclic amines) is 1. The second kappa shape index (κ2) is 8.00. The summed E-state index contributed by atoms with van der Waals surface area (Å²) in [4.78, 5) is 26.9. The summed E-state index contributed by atoms with van der Waals surface area (Å²) in [5.41, 5.74) is 0.883. The number of carboxylic acids is 1. The van der Waals surface area contributed by atoms with Gasteiger partial charge in [0.25, 0.3) is 0 Å². The normalized spacial score (nSPS) is 18.0. The van der Waals surface area contributed by atoms with Gasteiger partial charge in [0.15, 0.2) is 0 Å². The van der Waals surface area contributed by atoms with E-state index in [1.54, 1.807) is 4.90 Å². The minimum Gasteiger partial charge on any atom is -0.481 e. The fourth-order valence-corrected chi connectivity index (χ4v) is 2.57. The van der Waals surface area contributed by atoms with E-state index < -0.39 is 5.97 Å². The molecule has 5 nitrogen and oxygen atoms in total. The monoisotopic (exact) mass is 312 g/mol. The molecule has 1 aromatic carbocycles. The van der Waals surface area contributed by atoms with Crippen LogP contribution in [0.4, 0.5) is 5.69 Å². The number of para-hydroxylation sites is 1. The number of halogens is 1. The number of hydrogen-bond donors (Lipinski definition) is 1. The molecule has 1 amide bonds. The van der Waals surface area contributed by atoms with Crippen LogP contribution in [0, 0.1) is 5.92 Å². The van der Waals surface area contributed by atoms with Gasteiger partial charge in [-0.1, -0.05) is 18.2 Å². The maximum atomic E-state index is 12.3.